The van der Waals surface area contributed by atoms with Crippen molar-refractivity contribution in [3.8, 4) is 0 Å². The van der Waals surface area contributed by atoms with Gasteiger partial charge in [-0.05, 0) is 26.7 Å². The van der Waals surface area contributed by atoms with E-state index in [1.165, 1.54) is 0 Å². The molecule has 1 heterocycles. The van der Waals surface area contributed by atoms with E-state index in [0.29, 0.717) is 24.8 Å². The molecule has 0 aromatic carbocycles. The lowest BCUT2D eigenvalue weighted by Crippen LogP contribution is -2.23. The van der Waals surface area contributed by atoms with Gasteiger partial charge in [0.05, 0.1) is 5.56 Å². The molecule has 0 bridgehead atoms. The molecule has 0 radical (unpaired) electrons. The highest BCUT2D eigenvalue weighted by Crippen LogP contribution is 2.42. The van der Waals surface area contributed by atoms with Gasteiger partial charge in [-0.15, -0.1) is 0 Å². The summed E-state index contributed by atoms with van der Waals surface area (Å²) in [6, 6.07) is -0.00338. The number of alkyl halides is 2. The molecule has 0 saturated carbocycles. The molecule has 88 valence electrons. The minimum absolute atomic E-state index is 0.00338. The highest BCUT2D eigenvalue weighted by atomic mass is 19.3. The lowest BCUT2D eigenvalue weighted by molar-refractivity contribution is -0.0226. The number of aromatic nitrogens is 2. The Bertz CT molecular complexity index is 424. The Hall–Kier alpha value is -1.26. The minimum Gasteiger partial charge on any atom is -0.296 e. The molecule has 0 unspecified atom stereocenters. The number of halogens is 2. The zero-order chi connectivity index (χ0) is 11.9. The van der Waals surface area contributed by atoms with E-state index in [1.807, 2.05) is 13.8 Å². The van der Waals surface area contributed by atoms with Gasteiger partial charge in [-0.2, -0.15) is 5.10 Å². The molecule has 1 aromatic rings. The number of hydrogen-bond donors (Lipinski definition) is 0. The van der Waals surface area contributed by atoms with E-state index in [-0.39, 0.29) is 23.7 Å². The Labute approximate surface area is 92.4 Å². The molecule has 0 spiro atoms. The van der Waals surface area contributed by atoms with Gasteiger partial charge in [0.25, 0.3) is 5.92 Å². The molecule has 1 aliphatic carbocycles. The first-order chi connectivity index (χ1) is 7.47. The third-order valence-electron chi connectivity index (χ3n) is 2.91. The van der Waals surface area contributed by atoms with Crippen LogP contribution >= 0.6 is 0 Å². The second kappa shape index (κ2) is 3.64. The van der Waals surface area contributed by atoms with Crippen molar-refractivity contribution in [1.82, 2.24) is 9.78 Å². The van der Waals surface area contributed by atoms with Gasteiger partial charge in [-0.25, -0.2) is 8.78 Å². The van der Waals surface area contributed by atoms with E-state index in [4.69, 9.17) is 0 Å². The fourth-order valence-corrected chi connectivity index (χ4v) is 2.24. The summed E-state index contributed by atoms with van der Waals surface area (Å²) in [4.78, 5) is 10.8. The Morgan fingerprint density at radius 2 is 2.19 bits per heavy atom. The normalized spacial score (nSPS) is 18.6. The topological polar surface area (TPSA) is 34.9 Å². The van der Waals surface area contributed by atoms with E-state index in [2.05, 4.69) is 5.10 Å². The molecule has 0 atom stereocenters. The van der Waals surface area contributed by atoms with E-state index >= 15 is 0 Å². The SMILES string of the molecule is CC(C)n1nc(C=O)c2c1CCCC2(F)F. The third kappa shape index (κ3) is 1.54. The van der Waals surface area contributed by atoms with Gasteiger partial charge in [-0.1, -0.05) is 0 Å². The van der Waals surface area contributed by atoms with Crippen LogP contribution in [0.3, 0.4) is 0 Å². The van der Waals surface area contributed by atoms with Crippen LogP contribution in [0.5, 0.6) is 0 Å². The van der Waals surface area contributed by atoms with Gasteiger partial charge in [0.15, 0.2) is 6.29 Å². The molecule has 0 saturated heterocycles. The van der Waals surface area contributed by atoms with Crippen molar-refractivity contribution in [2.75, 3.05) is 0 Å². The smallest absolute Gasteiger partial charge is 0.277 e. The highest BCUT2D eigenvalue weighted by molar-refractivity contribution is 5.75. The lowest BCUT2D eigenvalue weighted by Gasteiger charge is -2.23. The van der Waals surface area contributed by atoms with Crippen molar-refractivity contribution in [3.63, 3.8) is 0 Å². The summed E-state index contributed by atoms with van der Waals surface area (Å²) in [7, 11) is 0. The molecule has 1 aromatic heterocycles. The van der Waals surface area contributed by atoms with Crippen LogP contribution in [-0.4, -0.2) is 16.1 Å². The van der Waals surface area contributed by atoms with Gasteiger partial charge < -0.3 is 0 Å². The molecule has 1 aliphatic rings. The fraction of sp³-hybridized carbons (Fsp3) is 0.636. The van der Waals surface area contributed by atoms with E-state index in [1.54, 1.807) is 4.68 Å². The first kappa shape index (κ1) is 11.2. The molecule has 16 heavy (non-hydrogen) atoms. The maximum absolute atomic E-state index is 13.7. The average molecular weight is 228 g/mol. The largest absolute Gasteiger partial charge is 0.296 e. The van der Waals surface area contributed by atoms with Crippen LogP contribution in [-0.2, 0) is 12.3 Å². The zero-order valence-corrected chi connectivity index (χ0v) is 9.33. The summed E-state index contributed by atoms with van der Waals surface area (Å²) in [5.74, 6) is -2.91. The second-order valence-electron chi connectivity index (χ2n) is 4.42. The Morgan fingerprint density at radius 3 is 2.75 bits per heavy atom. The van der Waals surface area contributed by atoms with Crippen LogP contribution in [0.25, 0.3) is 0 Å². The third-order valence-corrected chi connectivity index (χ3v) is 2.91. The number of aldehydes is 1. The molecule has 5 heteroatoms. The van der Waals surface area contributed by atoms with Crippen molar-refractivity contribution in [2.24, 2.45) is 0 Å². The monoisotopic (exact) mass is 228 g/mol. The molecule has 0 aliphatic heterocycles. The summed E-state index contributed by atoms with van der Waals surface area (Å²) >= 11 is 0. The second-order valence-corrected chi connectivity index (χ2v) is 4.42. The van der Waals surface area contributed by atoms with Gasteiger partial charge in [0, 0.05) is 18.2 Å². The van der Waals surface area contributed by atoms with Gasteiger partial charge in [0.2, 0.25) is 0 Å². The van der Waals surface area contributed by atoms with Crippen LogP contribution in [0.15, 0.2) is 0 Å². The zero-order valence-electron chi connectivity index (χ0n) is 9.33. The van der Waals surface area contributed by atoms with E-state index in [0.717, 1.165) is 0 Å². The average Bonchev–Trinajstić information content (AvgIpc) is 2.57. The maximum Gasteiger partial charge on any atom is 0.277 e. The Balaban J connectivity index is 2.64. The number of rotatable bonds is 2. The number of fused-ring (bicyclic) bond motifs is 1. The van der Waals surface area contributed by atoms with Crippen molar-refractivity contribution in [1.29, 1.82) is 0 Å². The molecule has 0 amide bonds. The van der Waals surface area contributed by atoms with Crippen LogP contribution in [0.1, 0.15) is 54.5 Å². The number of nitrogens with zero attached hydrogens (tertiary/aromatic N) is 2. The van der Waals surface area contributed by atoms with E-state index < -0.39 is 5.92 Å². The van der Waals surface area contributed by atoms with Crippen molar-refractivity contribution < 1.29 is 13.6 Å². The molecule has 3 nitrogen and oxygen atoms in total. The van der Waals surface area contributed by atoms with E-state index in [9.17, 15) is 13.6 Å². The summed E-state index contributed by atoms with van der Waals surface area (Å²) in [5.41, 5.74) is 0.268. The highest BCUT2D eigenvalue weighted by Gasteiger charge is 2.42. The van der Waals surface area contributed by atoms with Crippen molar-refractivity contribution in [2.45, 2.75) is 45.1 Å². The molecular formula is C11H14F2N2O. The summed E-state index contributed by atoms with van der Waals surface area (Å²) in [5, 5.41) is 3.97. The summed E-state index contributed by atoms with van der Waals surface area (Å²) < 4.78 is 29.0. The van der Waals surface area contributed by atoms with Crippen LogP contribution in [0, 0.1) is 0 Å². The predicted octanol–water partition coefficient (Wildman–Crippen LogP) is 2.70. The fourth-order valence-electron chi connectivity index (χ4n) is 2.24. The Morgan fingerprint density at radius 1 is 1.50 bits per heavy atom. The number of carbonyl (C=O) groups is 1. The quantitative estimate of drug-likeness (QED) is 0.729. The van der Waals surface area contributed by atoms with Gasteiger partial charge in [0.1, 0.15) is 5.69 Å². The summed E-state index contributed by atoms with van der Waals surface area (Å²) in [6.45, 7) is 3.74. The standard InChI is InChI=1S/C11H14F2N2O/c1-7(2)15-9-4-3-5-11(12,13)10(9)8(6-16)14-15/h6-7H,3-5H2,1-2H3. The lowest BCUT2D eigenvalue weighted by atomic mass is 9.92. The van der Waals surface area contributed by atoms with Crippen molar-refractivity contribution >= 4 is 6.29 Å². The summed E-state index contributed by atoms with van der Waals surface area (Å²) in [6.07, 6.45) is 1.25. The molecular weight excluding hydrogens is 214 g/mol. The van der Waals surface area contributed by atoms with Crippen LogP contribution in [0.2, 0.25) is 0 Å². The maximum atomic E-state index is 13.7. The molecule has 0 N–H and O–H groups in total. The molecule has 2 rings (SSSR count). The minimum atomic E-state index is -2.91. The Kier molecular flexibility index (Phi) is 2.56. The first-order valence-corrected chi connectivity index (χ1v) is 5.42. The van der Waals surface area contributed by atoms with Crippen LogP contribution in [0.4, 0.5) is 8.78 Å². The van der Waals surface area contributed by atoms with Gasteiger partial charge >= 0.3 is 0 Å². The van der Waals surface area contributed by atoms with Crippen LogP contribution < -0.4 is 0 Å². The van der Waals surface area contributed by atoms with Crippen molar-refractivity contribution in [3.05, 3.63) is 17.0 Å². The first-order valence-electron chi connectivity index (χ1n) is 5.42. The predicted molar refractivity (Wildman–Crippen MR) is 54.8 cm³/mol. The van der Waals surface area contributed by atoms with Gasteiger partial charge in [-0.3, -0.25) is 9.48 Å². The number of carbonyl (C=O) groups excluding carboxylic acids is 1. The number of hydrogen-bond acceptors (Lipinski definition) is 2. The molecule has 0 fully saturated rings.